The molecule has 1 aromatic carbocycles. The maximum atomic E-state index is 4.48. The normalized spacial score (nSPS) is 12.7. The van der Waals surface area contributed by atoms with Crippen LogP contribution in [0.3, 0.4) is 0 Å². The summed E-state index contributed by atoms with van der Waals surface area (Å²) in [5, 5.41) is 0.978. The minimum absolute atomic E-state index is 0.0299. The molecule has 0 N–H and O–H groups in total. The minimum atomic E-state index is -0.0299. The summed E-state index contributed by atoms with van der Waals surface area (Å²) in [5.74, 6) is 0. The van der Waals surface area contributed by atoms with Gasteiger partial charge in [-0.3, -0.25) is 4.99 Å². The Morgan fingerprint density at radius 3 is 2.67 bits per heavy atom. The molecule has 0 amide bonds. The zero-order valence-corrected chi connectivity index (χ0v) is 10.0. The van der Waals surface area contributed by atoms with Crippen LogP contribution in [0.15, 0.2) is 29.3 Å². The molecule has 2 aromatic rings. The number of hydrogen-bond acceptors (Lipinski definition) is 3. The zero-order chi connectivity index (χ0) is 10.9. The minimum Gasteiger partial charge on any atom is -0.284 e. The van der Waals surface area contributed by atoms with Gasteiger partial charge in [-0.2, -0.15) is 0 Å². The molecule has 15 heavy (non-hydrogen) atoms. The number of benzene rings is 1. The van der Waals surface area contributed by atoms with Gasteiger partial charge >= 0.3 is 0 Å². The summed E-state index contributed by atoms with van der Waals surface area (Å²) in [5.41, 5.74) is 1.02. The molecular formula is C12H14N2S. The van der Waals surface area contributed by atoms with Crippen LogP contribution in [0.2, 0.25) is 0 Å². The highest BCUT2D eigenvalue weighted by atomic mass is 32.1. The average molecular weight is 218 g/mol. The quantitative estimate of drug-likeness (QED) is 0.672. The van der Waals surface area contributed by atoms with Crippen molar-refractivity contribution >= 4 is 27.8 Å². The van der Waals surface area contributed by atoms with Crippen molar-refractivity contribution in [3.8, 4) is 0 Å². The molecular weight excluding hydrogens is 204 g/mol. The second kappa shape index (κ2) is 3.74. The summed E-state index contributed by atoms with van der Waals surface area (Å²) >= 11 is 1.68. The summed E-state index contributed by atoms with van der Waals surface area (Å²) in [6, 6.07) is 8.15. The van der Waals surface area contributed by atoms with Gasteiger partial charge in [0.2, 0.25) is 0 Å². The Hall–Kier alpha value is -1.22. The van der Waals surface area contributed by atoms with Crippen LogP contribution in [0.25, 0.3) is 10.2 Å². The Morgan fingerprint density at radius 2 is 2.00 bits per heavy atom. The van der Waals surface area contributed by atoms with Crippen molar-refractivity contribution in [2.24, 2.45) is 4.99 Å². The van der Waals surface area contributed by atoms with Crippen LogP contribution in [-0.4, -0.2) is 16.7 Å². The summed E-state index contributed by atoms with van der Waals surface area (Å²) < 4.78 is 1.22. The van der Waals surface area contributed by atoms with Crippen molar-refractivity contribution in [2.75, 3.05) is 0 Å². The highest BCUT2D eigenvalue weighted by Crippen LogP contribution is 2.20. The molecule has 2 nitrogen and oxygen atoms in total. The fraction of sp³-hybridized carbons (Fsp3) is 0.333. The second-order valence-electron chi connectivity index (χ2n) is 4.45. The number of hydrogen-bond donors (Lipinski definition) is 0. The van der Waals surface area contributed by atoms with Gasteiger partial charge in [-0.25, -0.2) is 4.98 Å². The molecule has 0 aliphatic rings. The van der Waals surface area contributed by atoms with E-state index in [-0.39, 0.29) is 5.54 Å². The third kappa shape index (κ3) is 2.63. The van der Waals surface area contributed by atoms with Crippen molar-refractivity contribution in [1.29, 1.82) is 0 Å². The van der Waals surface area contributed by atoms with Crippen LogP contribution in [0, 0.1) is 0 Å². The molecule has 0 aliphatic heterocycles. The molecule has 1 aromatic heterocycles. The molecule has 0 bridgehead atoms. The third-order valence-corrected chi connectivity index (χ3v) is 2.84. The van der Waals surface area contributed by atoms with Crippen molar-refractivity contribution in [2.45, 2.75) is 26.3 Å². The van der Waals surface area contributed by atoms with Crippen LogP contribution >= 0.6 is 11.3 Å². The number of nitrogens with zero attached hydrogens (tertiary/aromatic N) is 2. The Balaban J connectivity index is 2.34. The first-order chi connectivity index (χ1) is 7.04. The Labute approximate surface area is 93.7 Å². The van der Waals surface area contributed by atoms with Gasteiger partial charge in [0.15, 0.2) is 0 Å². The van der Waals surface area contributed by atoms with Crippen LogP contribution in [0.1, 0.15) is 25.8 Å². The van der Waals surface area contributed by atoms with Crippen molar-refractivity contribution in [3.05, 3.63) is 29.3 Å². The molecule has 0 spiro atoms. The molecule has 0 saturated carbocycles. The van der Waals surface area contributed by atoms with E-state index < -0.39 is 0 Å². The highest BCUT2D eigenvalue weighted by Gasteiger charge is 2.06. The fourth-order valence-corrected chi connectivity index (χ4v) is 2.03. The lowest BCUT2D eigenvalue weighted by molar-refractivity contribution is 0.586. The van der Waals surface area contributed by atoms with E-state index in [0.717, 1.165) is 10.5 Å². The van der Waals surface area contributed by atoms with Gasteiger partial charge in [0, 0.05) is 0 Å². The number of rotatable bonds is 1. The SMILES string of the molecule is CC(C)(C)N=Cc1nc2ccccc2s1. The van der Waals surface area contributed by atoms with Crippen LogP contribution in [-0.2, 0) is 0 Å². The third-order valence-electron chi connectivity index (χ3n) is 1.87. The predicted molar refractivity (Wildman–Crippen MR) is 67.0 cm³/mol. The fourth-order valence-electron chi connectivity index (χ4n) is 1.19. The lowest BCUT2D eigenvalue weighted by atomic mass is 10.1. The van der Waals surface area contributed by atoms with E-state index in [1.54, 1.807) is 11.3 Å². The molecule has 2 rings (SSSR count). The van der Waals surface area contributed by atoms with E-state index in [1.807, 2.05) is 24.4 Å². The first kappa shape index (κ1) is 10.3. The lowest BCUT2D eigenvalue weighted by Crippen LogP contribution is -2.09. The number of para-hydroxylation sites is 1. The molecule has 0 radical (unpaired) electrons. The van der Waals surface area contributed by atoms with Gasteiger partial charge in [0.25, 0.3) is 0 Å². The standard InChI is InChI=1S/C12H14N2S/c1-12(2,3)13-8-11-14-9-6-4-5-7-10(9)15-11/h4-8H,1-3H3. The molecule has 1 heterocycles. The van der Waals surface area contributed by atoms with E-state index >= 15 is 0 Å². The van der Waals surface area contributed by atoms with E-state index in [2.05, 4.69) is 36.8 Å². The molecule has 0 fully saturated rings. The molecule has 0 atom stereocenters. The Bertz CT molecular complexity index is 459. The number of fused-ring (bicyclic) bond motifs is 1. The topological polar surface area (TPSA) is 25.2 Å². The van der Waals surface area contributed by atoms with Gasteiger partial charge in [0.1, 0.15) is 5.01 Å². The number of thiazole rings is 1. The first-order valence-electron chi connectivity index (χ1n) is 4.95. The van der Waals surface area contributed by atoms with E-state index in [0.29, 0.717) is 0 Å². The van der Waals surface area contributed by atoms with Crippen LogP contribution in [0.4, 0.5) is 0 Å². The highest BCUT2D eigenvalue weighted by molar-refractivity contribution is 7.20. The van der Waals surface area contributed by atoms with Crippen LogP contribution < -0.4 is 0 Å². The summed E-state index contributed by atoms with van der Waals surface area (Å²) in [6.07, 6.45) is 1.87. The zero-order valence-electron chi connectivity index (χ0n) is 9.19. The molecule has 3 heteroatoms. The van der Waals surface area contributed by atoms with Gasteiger partial charge in [-0.05, 0) is 32.9 Å². The predicted octanol–water partition coefficient (Wildman–Crippen LogP) is 3.51. The average Bonchev–Trinajstić information content (AvgIpc) is 2.56. The van der Waals surface area contributed by atoms with Gasteiger partial charge in [-0.1, -0.05) is 12.1 Å². The van der Waals surface area contributed by atoms with Gasteiger partial charge in [-0.15, -0.1) is 11.3 Å². The second-order valence-corrected chi connectivity index (χ2v) is 5.51. The van der Waals surface area contributed by atoms with Crippen molar-refractivity contribution < 1.29 is 0 Å². The summed E-state index contributed by atoms with van der Waals surface area (Å²) in [6.45, 7) is 6.24. The molecule has 0 aliphatic carbocycles. The maximum absolute atomic E-state index is 4.48. The smallest absolute Gasteiger partial charge is 0.135 e. The molecule has 0 saturated heterocycles. The van der Waals surface area contributed by atoms with E-state index in [4.69, 9.17) is 0 Å². The summed E-state index contributed by atoms with van der Waals surface area (Å²) in [4.78, 5) is 8.93. The lowest BCUT2D eigenvalue weighted by Gasteiger charge is -2.09. The van der Waals surface area contributed by atoms with Crippen LogP contribution in [0.5, 0.6) is 0 Å². The maximum Gasteiger partial charge on any atom is 0.135 e. The molecule has 78 valence electrons. The largest absolute Gasteiger partial charge is 0.284 e. The van der Waals surface area contributed by atoms with E-state index in [9.17, 15) is 0 Å². The Morgan fingerprint density at radius 1 is 1.27 bits per heavy atom. The van der Waals surface area contributed by atoms with Crippen molar-refractivity contribution in [1.82, 2.24) is 4.98 Å². The monoisotopic (exact) mass is 218 g/mol. The van der Waals surface area contributed by atoms with Gasteiger partial charge < -0.3 is 0 Å². The van der Waals surface area contributed by atoms with E-state index in [1.165, 1.54) is 4.70 Å². The number of aromatic nitrogens is 1. The summed E-state index contributed by atoms with van der Waals surface area (Å²) in [7, 11) is 0. The Kier molecular flexibility index (Phi) is 2.57. The number of aliphatic imine (C=N–C) groups is 1. The van der Waals surface area contributed by atoms with Crippen molar-refractivity contribution in [3.63, 3.8) is 0 Å². The van der Waals surface area contributed by atoms with Gasteiger partial charge in [0.05, 0.1) is 22.0 Å². The molecule has 0 unspecified atom stereocenters. The first-order valence-corrected chi connectivity index (χ1v) is 5.77.